The van der Waals surface area contributed by atoms with E-state index < -0.39 is 24.1 Å². The van der Waals surface area contributed by atoms with Gasteiger partial charge < -0.3 is 23.9 Å². The van der Waals surface area contributed by atoms with E-state index in [-0.39, 0.29) is 6.61 Å². The minimum Gasteiger partial charge on any atom is -0.423 e. The second-order valence-electron chi connectivity index (χ2n) is 6.66. The first-order chi connectivity index (χ1) is 12.7. The fraction of sp³-hybridized carbons (Fsp3) is 0.250. The summed E-state index contributed by atoms with van der Waals surface area (Å²) in [5.74, 6) is 0. The first kappa shape index (κ1) is 15.6. The van der Waals surface area contributed by atoms with Gasteiger partial charge in [0.25, 0.3) is 0 Å². The van der Waals surface area contributed by atoms with Crippen LogP contribution in [-0.2, 0) is 4.74 Å². The number of aliphatic hydroxyl groups excluding tert-OH is 2. The normalized spacial score (nSPS) is 23.4. The van der Waals surface area contributed by atoms with Crippen LogP contribution >= 0.6 is 0 Å². The lowest BCUT2D eigenvalue weighted by atomic mass is 10.1. The van der Waals surface area contributed by atoms with Crippen molar-refractivity contribution in [3.8, 4) is 0 Å². The molecular weight excluding hydrogens is 334 g/mol. The molecule has 2 aromatic heterocycles. The van der Waals surface area contributed by atoms with E-state index in [1.807, 2.05) is 41.0 Å². The molecule has 1 fully saturated rings. The molecule has 26 heavy (non-hydrogen) atoms. The Labute approximate surface area is 147 Å². The number of nitrogens with zero attached hydrogens (tertiary/aromatic N) is 1. The summed E-state index contributed by atoms with van der Waals surface area (Å²) in [5, 5.41) is 22.5. The average molecular weight is 351 g/mol. The summed E-state index contributed by atoms with van der Waals surface area (Å²) >= 11 is 0. The first-order valence-corrected chi connectivity index (χ1v) is 8.56. The van der Waals surface area contributed by atoms with Crippen molar-refractivity contribution in [2.75, 3.05) is 6.61 Å². The number of fused-ring (bicyclic) bond motifs is 4. The fourth-order valence-corrected chi connectivity index (χ4v) is 3.91. The van der Waals surface area contributed by atoms with Crippen molar-refractivity contribution in [3.63, 3.8) is 0 Å². The van der Waals surface area contributed by atoms with Crippen LogP contribution in [0.4, 0.5) is 0 Å². The lowest BCUT2D eigenvalue weighted by molar-refractivity contribution is -0.0416. The van der Waals surface area contributed by atoms with Crippen molar-refractivity contribution in [1.82, 2.24) is 4.57 Å². The van der Waals surface area contributed by atoms with E-state index in [0.29, 0.717) is 12.0 Å². The molecular formula is C20H17NO5. The van der Waals surface area contributed by atoms with Gasteiger partial charge in [-0.25, -0.2) is 4.79 Å². The van der Waals surface area contributed by atoms with Crippen molar-refractivity contribution in [3.05, 3.63) is 59.0 Å². The summed E-state index contributed by atoms with van der Waals surface area (Å²) in [6.45, 7) is -0.230. The molecule has 1 saturated heterocycles. The van der Waals surface area contributed by atoms with Gasteiger partial charge in [-0.1, -0.05) is 18.2 Å². The Morgan fingerprint density at radius 2 is 1.92 bits per heavy atom. The topological polar surface area (TPSA) is 84.8 Å². The minimum atomic E-state index is -0.723. The zero-order valence-electron chi connectivity index (χ0n) is 13.8. The van der Waals surface area contributed by atoms with Gasteiger partial charge in [0, 0.05) is 34.7 Å². The quantitative estimate of drug-likeness (QED) is 0.542. The van der Waals surface area contributed by atoms with Gasteiger partial charge in [0.15, 0.2) is 0 Å². The Morgan fingerprint density at radius 1 is 1.08 bits per heavy atom. The molecule has 1 aliphatic heterocycles. The zero-order chi connectivity index (χ0) is 17.8. The van der Waals surface area contributed by atoms with Crippen molar-refractivity contribution in [2.45, 2.75) is 24.9 Å². The highest BCUT2D eigenvalue weighted by Crippen LogP contribution is 2.38. The Kier molecular flexibility index (Phi) is 3.40. The van der Waals surface area contributed by atoms with Gasteiger partial charge in [-0.05, 0) is 18.2 Å². The highest BCUT2D eigenvalue weighted by molar-refractivity contribution is 6.11. The molecule has 3 atom stereocenters. The van der Waals surface area contributed by atoms with Gasteiger partial charge in [0.2, 0.25) is 0 Å². The van der Waals surface area contributed by atoms with Crippen molar-refractivity contribution >= 4 is 32.8 Å². The predicted molar refractivity (Wildman–Crippen MR) is 97.1 cm³/mol. The Bertz CT molecular complexity index is 1190. The molecule has 0 bridgehead atoms. The zero-order valence-corrected chi connectivity index (χ0v) is 13.8. The van der Waals surface area contributed by atoms with Gasteiger partial charge in [0.1, 0.15) is 17.9 Å². The Morgan fingerprint density at radius 3 is 2.73 bits per heavy atom. The molecule has 0 spiro atoms. The molecule has 0 amide bonds. The molecule has 3 heterocycles. The molecule has 6 heteroatoms. The van der Waals surface area contributed by atoms with Gasteiger partial charge in [0.05, 0.1) is 23.7 Å². The van der Waals surface area contributed by atoms with Crippen LogP contribution in [0.2, 0.25) is 0 Å². The van der Waals surface area contributed by atoms with E-state index in [4.69, 9.17) is 9.15 Å². The molecule has 1 aliphatic rings. The van der Waals surface area contributed by atoms with E-state index in [0.717, 1.165) is 27.2 Å². The van der Waals surface area contributed by atoms with Crippen LogP contribution in [0.15, 0.2) is 57.7 Å². The number of hydrogen-bond donors (Lipinski definition) is 2. The smallest absolute Gasteiger partial charge is 0.336 e. The summed E-state index contributed by atoms with van der Waals surface area (Å²) in [7, 11) is 0. The van der Waals surface area contributed by atoms with Crippen LogP contribution in [-0.4, -0.2) is 33.6 Å². The van der Waals surface area contributed by atoms with Crippen molar-refractivity contribution in [2.24, 2.45) is 0 Å². The third-order valence-corrected chi connectivity index (χ3v) is 5.12. The lowest BCUT2D eigenvalue weighted by Gasteiger charge is -2.16. The third kappa shape index (κ3) is 2.20. The maximum atomic E-state index is 11.6. The van der Waals surface area contributed by atoms with Gasteiger partial charge in [-0.2, -0.15) is 0 Å². The molecule has 6 nitrogen and oxygen atoms in total. The molecule has 2 aromatic carbocycles. The second kappa shape index (κ2) is 5.67. The van der Waals surface area contributed by atoms with E-state index in [1.54, 1.807) is 6.07 Å². The molecule has 4 aromatic rings. The fourth-order valence-electron chi connectivity index (χ4n) is 3.91. The van der Waals surface area contributed by atoms with Crippen LogP contribution in [0.3, 0.4) is 0 Å². The number of para-hydroxylation sites is 1. The van der Waals surface area contributed by atoms with Gasteiger partial charge >= 0.3 is 5.63 Å². The van der Waals surface area contributed by atoms with Crippen molar-refractivity contribution in [1.29, 1.82) is 0 Å². The average Bonchev–Trinajstić information content (AvgIpc) is 3.16. The molecule has 0 unspecified atom stereocenters. The third-order valence-electron chi connectivity index (χ3n) is 5.12. The maximum absolute atomic E-state index is 11.6. The molecule has 0 saturated carbocycles. The first-order valence-electron chi connectivity index (χ1n) is 8.56. The summed E-state index contributed by atoms with van der Waals surface area (Å²) in [6.07, 6.45) is -1.35. The summed E-state index contributed by atoms with van der Waals surface area (Å²) in [4.78, 5) is 11.6. The predicted octanol–water partition coefficient (Wildman–Crippen LogP) is 2.54. The van der Waals surface area contributed by atoms with Crippen LogP contribution in [0.25, 0.3) is 32.8 Å². The van der Waals surface area contributed by atoms with Crippen LogP contribution in [0.5, 0.6) is 0 Å². The van der Waals surface area contributed by atoms with Crippen LogP contribution < -0.4 is 5.63 Å². The highest BCUT2D eigenvalue weighted by atomic mass is 16.5. The largest absolute Gasteiger partial charge is 0.423 e. The number of aliphatic hydroxyl groups is 2. The van der Waals surface area contributed by atoms with Crippen molar-refractivity contribution < 1.29 is 19.4 Å². The summed E-state index contributed by atoms with van der Waals surface area (Å²) in [5.41, 5.74) is 1.94. The molecule has 132 valence electrons. The number of benzene rings is 2. The molecule has 5 rings (SSSR count). The number of rotatable bonds is 2. The number of ether oxygens (including phenoxy) is 1. The Hall–Kier alpha value is -2.67. The minimum absolute atomic E-state index is 0.230. The van der Waals surface area contributed by atoms with E-state index in [9.17, 15) is 15.0 Å². The maximum Gasteiger partial charge on any atom is 0.336 e. The molecule has 0 radical (unpaired) electrons. The molecule has 2 N–H and O–H groups in total. The number of hydrogen-bond acceptors (Lipinski definition) is 5. The monoisotopic (exact) mass is 351 g/mol. The van der Waals surface area contributed by atoms with E-state index in [1.165, 1.54) is 6.07 Å². The van der Waals surface area contributed by atoms with Crippen LogP contribution in [0.1, 0.15) is 12.6 Å². The molecule has 0 aliphatic carbocycles. The van der Waals surface area contributed by atoms with Crippen LogP contribution in [0, 0.1) is 0 Å². The van der Waals surface area contributed by atoms with E-state index >= 15 is 0 Å². The van der Waals surface area contributed by atoms with E-state index in [2.05, 4.69) is 0 Å². The summed E-state index contributed by atoms with van der Waals surface area (Å²) < 4.78 is 13.2. The lowest BCUT2D eigenvalue weighted by Crippen LogP contribution is -2.24. The summed E-state index contributed by atoms with van der Waals surface area (Å²) in [6, 6.07) is 15.0. The van der Waals surface area contributed by atoms with Gasteiger partial charge in [-0.3, -0.25) is 0 Å². The Balaban J connectivity index is 1.83. The number of aromatic nitrogens is 1. The van der Waals surface area contributed by atoms with Gasteiger partial charge in [-0.15, -0.1) is 0 Å². The standard InChI is InChI=1S/C20H17NO5/c22-10-18-16(23)9-19(25-18)21-14-4-2-1-3-12(14)13-7-11-5-6-20(24)26-17(11)8-15(13)21/h1-8,16,18-19,22-23H,9-10H2/t16-,18+,19+/m0/s1. The SMILES string of the molecule is O=c1ccc2cc3c4ccccc4n([C@H]4C[C@H](O)[C@@H](CO)O4)c3cc2o1. The highest BCUT2D eigenvalue weighted by Gasteiger charge is 2.35. The second-order valence-corrected chi connectivity index (χ2v) is 6.66.